The Morgan fingerprint density at radius 1 is 1.31 bits per heavy atom. The summed E-state index contributed by atoms with van der Waals surface area (Å²) >= 11 is 7.14. The average Bonchev–Trinajstić information content (AvgIpc) is 2.76. The molecule has 0 saturated carbocycles. The Morgan fingerprint density at radius 2 is 2.14 bits per heavy atom. The molecule has 3 aromatic heterocycles. The second-order valence-electron chi connectivity index (χ2n) is 5.32. The van der Waals surface area contributed by atoms with Gasteiger partial charge in [0.2, 0.25) is 17.2 Å². The summed E-state index contributed by atoms with van der Waals surface area (Å²) in [7, 11) is 1.67. The van der Waals surface area contributed by atoms with Crippen LogP contribution in [0.1, 0.15) is 10.4 Å². The second kappa shape index (κ2) is 9.25. The van der Waals surface area contributed by atoms with Crippen LogP contribution in [0.2, 0.25) is 6.70 Å². The van der Waals surface area contributed by atoms with Crippen LogP contribution in [0.5, 0.6) is 0 Å². The molecule has 0 aliphatic heterocycles. The molecule has 0 fully saturated rings. The van der Waals surface area contributed by atoms with Crippen molar-refractivity contribution >= 4 is 47.2 Å². The monoisotopic (exact) mass is 436 g/mol. The largest absolute Gasteiger partial charge is 0.478 e. The Morgan fingerprint density at radius 3 is 2.90 bits per heavy atom. The van der Waals surface area contributed by atoms with E-state index in [0.29, 0.717) is 29.4 Å². The molecule has 14 heteroatoms. The molecule has 150 valence electrons. The molecule has 0 bridgehead atoms. The summed E-state index contributed by atoms with van der Waals surface area (Å²) in [5, 5.41) is 15.4. The fourth-order valence-electron chi connectivity index (χ4n) is 2.10. The zero-order valence-electron chi connectivity index (χ0n) is 16.0. The Balaban J connectivity index is 1.69. The van der Waals surface area contributed by atoms with E-state index in [1.807, 2.05) is 0 Å². The van der Waals surface area contributed by atoms with Gasteiger partial charge in [0, 0.05) is 19.3 Å². The normalized spacial score (nSPS) is 10.9. The van der Waals surface area contributed by atoms with Gasteiger partial charge in [-0.1, -0.05) is 11.8 Å². The Bertz CT molecular complexity index is 1060. The van der Waals surface area contributed by atoms with Gasteiger partial charge in [-0.25, -0.2) is 9.36 Å². The SMILES string of the molecule is [2H]Nc1nc(SCCNc2nc(Cl)nc(NC)n2)nc(-[n+]2cccc(C(=O)O)c2)n1. The number of nitrogens with zero attached hydrogens (tertiary/aromatic N) is 7. The van der Waals surface area contributed by atoms with E-state index in [4.69, 9.17) is 18.1 Å². The van der Waals surface area contributed by atoms with E-state index in [-0.39, 0.29) is 22.7 Å². The molecule has 5 N–H and O–H groups in total. The number of thioether (sulfide) groups is 1. The van der Waals surface area contributed by atoms with Gasteiger partial charge in [-0.3, -0.25) is 0 Å². The minimum atomic E-state index is -1.07. The van der Waals surface area contributed by atoms with Crippen molar-refractivity contribution in [1.82, 2.24) is 29.9 Å². The molecule has 0 radical (unpaired) electrons. The molecule has 0 aliphatic carbocycles. The Kier molecular flexibility index (Phi) is 6.07. The number of halogens is 1. The Labute approximate surface area is 175 Å². The van der Waals surface area contributed by atoms with Gasteiger partial charge in [-0.05, 0) is 33.7 Å². The number of hydrogen-bond acceptors (Lipinski definition) is 11. The van der Waals surface area contributed by atoms with Crippen LogP contribution in [0.25, 0.3) is 5.95 Å². The van der Waals surface area contributed by atoms with Crippen LogP contribution >= 0.6 is 23.4 Å². The lowest BCUT2D eigenvalue weighted by Gasteiger charge is -2.05. The topological polar surface area (TPSA) is 169 Å². The maximum absolute atomic E-state index is 11.2. The zero-order chi connectivity index (χ0) is 21.5. The molecular formula is C15H16ClN10O2S+. The van der Waals surface area contributed by atoms with Crippen LogP contribution in [0.15, 0.2) is 29.7 Å². The second-order valence-corrected chi connectivity index (χ2v) is 6.72. The fraction of sp³-hybridized carbons (Fsp3) is 0.200. The van der Waals surface area contributed by atoms with Crippen LogP contribution in [0, 0.1) is 0 Å². The third-order valence-electron chi connectivity index (χ3n) is 3.33. The maximum atomic E-state index is 11.2. The summed E-state index contributed by atoms with van der Waals surface area (Å²) < 4.78 is 8.77. The first-order chi connectivity index (χ1) is 14.5. The molecule has 12 nitrogen and oxygen atoms in total. The summed E-state index contributed by atoms with van der Waals surface area (Å²) in [6, 6.07) is 3.02. The summed E-state index contributed by atoms with van der Waals surface area (Å²) in [6.07, 6.45) is 2.99. The smallest absolute Gasteiger partial charge is 0.443 e. The average molecular weight is 437 g/mol. The minimum absolute atomic E-state index is 0.0339. The summed E-state index contributed by atoms with van der Waals surface area (Å²) in [6.45, 7) is 0.473. The lowest BCUT2D eigenvalue weighted by atomic mass is 10.3. The first-order valence-electron chi connectivity index (χ1n) is 8.63. The predicted octanol–water partition coefficient (Wildman–Crippen LogP) is 0.513. The van der Waals surface area contributed by atoms with Crippen LogP contribution in [0.3, 0.4) is 0 Å². The minimum Gasteiger partial charge on any atom is -0.478 e. The number of carboxylic acid groups (broad SMARTS) is 1. The van der Waals surface area contributed by atoms with Crippen LogP contribution < -0.4 is 20.9 Å². The number of carbonyl (C=O) groups is 1. The lowest BCUT2D eigenvalue weighted by Crippen LogP contribution is -2.34. The van der Waals surface area contributed by atoms with Gasteiger partial charge in [-0.15, -0.1) is 0 Å². The third-order valence-corrected chi connectivity index (χ3v) is 4.35. The summed E-state index contributed by atoms with van der Waals surface area (Å²) in [4.78, 5) is 35.8. The highest BCUT2D eigenvalue weighted by molar-refractivity contribution is 7.99. The van der Waals surface area contributed by atoms with E-state index >= 15 is 0 Å². The van der Waals surface area contributed by atoms with Crippen molar-refractivity contribution in [3.8, 4) is 5.95 Å². The Hall–Kier alpha value is -3.32. The molecule has 0 saturated heterocycles. The van der Waals surface area contributed by atoms with E-state index < -0.39 is 5.97 Å². The van der Waals surface area contributed by atoms with Crippen molar-refractivity contribution in [1.29, 1.82) is 0 Å². The van der Waals surface area contributed by atoms with Crippen molar-refractivity contribution in [3.63, 3.8) is 0 Å². The first-order valence-corrected chi connectivity index (χ1v) is 9.49. The van der Waals surface area contributed by atoms with E-state index in [1.54, 1.807) is 19.3 Å². The number of aromatic nitrogens is 7. The number of nitrogen functional groups attached to an aromatic ring is 1. The van der Waals surface area contributed by atoms with E-state index in [0.717, 1.165) is 0 Å². The van der Waals surface area contributed by atoms with Crippen LogP contribution in [-0.4, -0.2) is 60.3 Å². The fourth-order valence-corrected chi connectivity index (χ4v) is 2.94. The van der Waals surface area contributed by atoms with Crippen LogP contribution in [0.4, 0.5) is 17.8 Å². The quantitative estimate of drug-likeness (QED) is 0.208. The van der Waals surface area contributed by atoms with Gasteiger partial charge in [-0.2, -0.15) is 19.9 Å². The number of hydrogen-bond donors (Lipinski definition) is 4. The molecule has 3 aromatic rings. The molecule has 0 unspecified atom stereocenters. The number of pyridine rings is 1. The van der Waals surface area contributed by atoms with E-state index in [1.165, 1.54) is 28.6 Å². The highest BCUT2D eigenvalue weighted by Crippen LogP contribution is 2.14. The van der Waals surface area contributed by atoms with Crippen molar-refractivity contribution in [2.24, 2.45) is 0 Å². The zero-order valence-corrected chi connectivity index (χ0v) is 16.6. The number of carboxylic acids is 1. The summed E-state index contributed by atoms with van der Waals surface area (Å²) in [5.41, 5.74) is 2.21. The van der Waals surface area contributed by atoms with Gasteiger partial charge < -0.3 is 21.5 Å². The van der Waals surface area contributed by atoms with E-state index in [2.05, 4.69) is 46.3 Å². The molecule has 0 aromatic carbocycles. The highest BCUT2D eigenvalue weighted by Gasteiger charge is 2.18. The third kappa shape index (κ3) is 5.58. The first kappa shape index (κ1) is 19.0. The molecule has 3 heterocycles. The number of rotatable bonds is 9. The molecule has 29 heavy (non-hydrogen) atoms. The van der Waals surface area contributed by atoms with Crippen molar-refractivity contribution in [3.05, 3.63) is 35.4 Å². The van der Waals surface area contributed by atoms with Gasteiger partial charge in [0.25, 0.3) is 5.16 Å². The van der Waals surface area contributed by atoms with Gasteiger partial charge in [0.15, 0.2) is 1.41 Å². The maximum Gasteiger partial charge on any atom is 0.443 e. The van der Waals surface area contributed by atoms with Crippen molar-refractivity contribution in [2.75, 3.05) is 35.7 Å². The molecule has 0 spiro atoms. The van der Waals surface area contributed by atoms with Gasteiger partial charge >= 0.3 is 17.9 Å². The number of nitrogens with two attached hydrogens (primary N) is 1. The molecule has 0 aliphatic rings. The number of anilines is 3. The van der Waals surface area contributed by atoms with Crippen molar-refractivity contribution < 1.29 is 15.9 Å². The lowest BCUT2D eigenvalue weighted by molar-refractivity contribution is -0.604. The molecule has 0 amide bonds. The number of aromatic carboxylic acids is 1. The van der Waals surface area contributed by atoms with Crippen molar-refractivity contribution in [2.45, 2.75) is 5.16 Å². The van der Waals surface area contributed by atoms with Gasteiger partial charge in [0.05, 0.1) is 18.0 Å². The molecule has 0 atom stereocenters. The predicted molar refractivity (Wildman–Crippen MR) is 106 cm³/mol. The standard InChI is InChI=1S/C15H15ClN10O2S/c1-18-12-20-10(16)21-13(24-12)19-4-6-29-15-23-11(17)22-14(25-15)26-5-2-3-8(7-26)9(27)28/h2-3,5,7H,4,6H2,1H3,(H4-,17,18,19,20,21,22,23,24,25,27,28)/p+1/i/hD. The summed E-state index contributed by atoms with van der Waals surface area (Å²) in [5.74, 6) is 0.356. The van der Waals surface area contributed by atoms with Gasteiger partial charge in [0.1, 0.15) is 0 Å². The molecule has 3 rings (SSSR count). The van der Waals surface area contributed by atoms with E-state index in [9.17, 15) is 4.79 Å². The highest BCUT2D eigenvalue weighted by atomic mass is 35.5. The molecular weight excluding hydrogens is 420 g/mol. The van der Waals surface area contributed by atoms with Crippen LogP contribution in [-0.2, 0) is 0 Å². The number of nitrogens with one attached hydrogen (secondary N) is 2.